The first-order chi connectivity index (χ1) is 14.2. The summed E-state index contributed by atoms with van der Waals surface area (Å²) in [4.78, 5) is 23.5. The zero-order chi connectivity index (χ0) is 21.9. The van der Waals surface area contributed by atoms with Crippen LogP contribution in [0, 0.1) is 0 Å². The smallest absolute Gasteiger partial charge is 0.263 e. The Morgan fingerprint density at radius 1 is 0.800 bits per heavy atom. The number of carbonyl (C=O) groups excluding carboxylic acids is 2. The molecule has 0 unspecified atom stereocenters. The van der Waals surface area contributed by atoms with Gasteiger partial charge in [0.15, 0.2) is 5.78 Å². The molecule has 0 spiro atoms. The van der Waals surface area contributed by atoms with Crippen molar-refractivity contribution in [2.45, 2.75) is 11.8 Å². The highest BCUT2D eigenvalue weighted by atomic mass is 35.5. The molecule has 0 fully saturated rings. The van der Waals surface area contributed by atoms with Gasteiger partial charge >= 0.3 is 0 Å². The molecule has 1 amide bonds. The van der Waals surface area contributed by atoms with Crippen molar-refractivity contribution in [2.75, 3.05) is 10.0 Å². The van der Waals surface area contributed by atoms with E-state index in [1.165, 1.54) is 49.4 Å². The second kappa shape index (κ2) is 8.87. The van der Waals surface area contributed by atoms with Crippen LogP contribution in [-0.2, 0) is 10.0 Å². The third-order valence-electron chi connectivity index (χ3n) is 4.13. The summed E-state index contributed by atoms with van der Waals surface area (Å²) in [6, 6.07) is 16.5. The van der Waals surface area contributed by atoms with Crippen molar-refractivity contribution < 1.29 is 18.0 Å². The predicted octanol–water partition coefficient (Wildman–Crippen LogP) is 5.25. The zero-order valence-corrected chi connectivity index (χ0v) is 18.0. The summed E-state index contributed by atoms with van der Waals surface area (Å²) in [6.45, 7) is 1.46. The number of halogens is 2. The van der Waals surface area contributed by atoms with E-state index in [1.54, 1.807) is 24.3 Å². The zero-order valence-electron chi connectivity index (χ0n) is 15.6. The van der Waals surface area contributed by atoms with Crippen LogP contribution in [0.5, 0.6) is 0 Å². The maximum Gasteiger partial charge on any atom is 0.263 e. The van der Waals surface area contributed by atoms with Gasteiger partial charge < -0.3 is 5.32 Å². The van der Waals surface area contributed by atoms with Gasteiger partial charge in [0.2, 0.25) is 0 Å². The molecule has 0 aromatic heterocycles. The SMILES string of the molecule is CC(=O)c1ccc(NC(=O)c2ccc(NS(=O)(=O)c3cc(Cl)ccc3Cl)cc2)cc1. The van der Waals surface area contributed by atoms with Crippen LogP contribution in [0.4, 0.5) is 11.4 Å². The molecule has 0 aliphatic rings. The van der Waals surface area contributed by atoms with Crippen LogP contribution in [0.1, 0.15) is 27.6 Å². The van der Waals surface area contributed by atoms with Crippen molar-refractivity contribution in [3.63, 3.8) is 0 Å². The molecule has 3 aromatic rings. The van der Waals surface area contributed by atoms with Gasteiger partial charge in [0.05, 0.1) is 5.02 Å². The molecule has 0 aliphatic heterocycles. The van der Waals surface area contributed by atoms with Gasteiger partial charge in [-0.15, -0.1) is 0 Å². The minimum absolute atomic E-state index is 0.0405. The van der Waals surface area contributed by atoms with E-state index < -0.39 is 10.0 Å². The first kappa shape index (κ1) is 21.8. The van der Waals surface area contributed by atoms with Crippen LogP contribution in [0.2, 0.25) is 10.0 Å². The van der Waals surface area contributed by atoms with Gasteiger partial charge in [0.1, 0.15) is 4.90 Å². The number of rotatable bonds is 6. The third kappa shape index (κ3) is 5.18. The third-order valence-corrected chi connectivity index (χ3v) is 6.23. The molecule has 30 heavy (non-hydrogen) atoms. The van der Waals surface area contributed by atoms with Crippen molar-refractivity contribution >= 4 is 56.3 Å². The lowest BCUT2D eigenvalue weighted by atomic mass is 10.1. The van der Waals surface area contributed by atoms with E-state index in [0.717, 1.165) is 0 Å². The Morgan fingerprint density at radius 2 is 1.37 bits per heavy atom. The van der Waals surface area contributed by atoms with Crippen LogP contribution in [0.3, 0.4) is 0 Å². The fraction of sp³-hybridized carbons (Fsp3) is 0.0476. The molecule has 0 heterocycles. The number of hydrogen-bond donors (Lipinski definition) is 2. The van der Waals surface area contributed by atoms with E-state index in [-0.39, 0.29) is 32.3 Å². The van der Waals surface area contributed by atoms with Crippen molar-refractivity contribution in [3.05, 3.63) is 87.9 Å². The second-order valence-electron chi connectivity index (χ2n) is 6.35. The molecule has 2 N–H and O–H groups in total. The molecule has 0 saturated heterocycles. The van der Waals surface area contributed by atoms with Crippen LogP contribution in [0.25, 0.3) is 0 Å². The molecule has 3 aromatic carbocycles. The molecule has 0 radical (unpaired) electrons. The molecular formula is C21H16Cl2N2O4S. The van der Waals surface area contributed by atoms with Crippen LogP contribution in [0.15, 0.2) is 71.6 Å². The Hall–Kier alpha value is -2.87. The number of benzene rings is 3. The molecule has 6 nitrogen and oxygen atoms in total. The number of amides is 1. The van der Waals surface area contributed by atoms with Gasteiger partial charge in [0.25, 0.3) is 15.9 Å². The van der Waals surface area contributed by atoms with Gasteiger partial charge in [-0.05, 0) is 73.7 Å². The van der Waals surface area contributed by atoms with E-state index >= 15 is 0 Å². The molecule has 0 atom stereocenters. The highest BCUT2D eigenvalue weighted by molar-refractivity contribution is 7.92. The molecule has 0 bridgehead atoms. The monoisotopic (exact) mass is 462 g/mol. The van der Waals surface area contributed by atoms with Gasteiger partial charge in [-0.3, -0.25) is 14.3 Å². The number of Topliss-reactive ketones (excluding diaryl/α,β-unsaturated/α-hetero) is 1. The summed E-state index contributed by atoms with van der Waals surface area (Å²) in [5, 5.41) is 2.99. The molecule has 0 saturated carbocycles. The lowest BCUT2D eigenvalue weighted by molar-refractivity contribution is 0.101. The fourth-order valence-electron chi connectivity index (χ4n) is 2.57. The summed E-state index contributed by atoms with van der Waals surface area (Å²) < 4.78 is 27.5. The number of carbonyl (C=O) groups is 2. The van der Waals surface area contributed by atoms with E-state index in [4.69, 9.17) is 23.2 Å². The lowest BCUT2D eigenvalue weighted by Gasteiger charge is -2.11. The normalized spacial score (nSPS) is 11.0. The standard InChI is InChI=1S/C21H16Cl2N2O4S/c1-13(26)14-2-7-17(8-3-14)24-21(27)15-4-9-18(10-5-15)25-30(28,29)20-12-16(22)6-11-19(20)23/h2-12,25H,1H3,(H,24,27). The summed E-state index contributed by atoms with van der Waals surface area (Å²) in [7, 11) is -3.95. The van der Waals surface area contributed by atoms with Crippen LogP contribution >= 0.6 is 23.2 Å². The Bertz CT molecular complexity index is 1210. The van der Waals surface area contributed by atoms with Crippen molar-refractivity contribution in [1.29, 1.82) is 0 Å². The molecular weight excluding hydrogens is 447 g/mol. The largest absolute Gasteiger partial charge is 0.322 e. The lowest BCUT2D eigenvalue weighted by Crippen LogP contribution is -2.14. The fourth-order valence-corrected chi connectivity index (χ4v) is 4.40. The van der Waals surface area contributed by atoms with Crippen LogP contribution < -0.4 is 10.0 Å². The first-order valence-electron chi connectivity index (χ1n) is 8.66. The van der Waals surface area contributed by atoms with Gasteiger partial charge in [-0.2, -0.15) is 0 Å². The van der Waals surface area contributed by atoms with E-state index in [1.807, 2.05) is 0 Å². The van der Waals surface area contributed by atoms with Gasteiger partial charge in [-0.1, -0.05) is 23.2 Å². The summed E-state index contributed by atoms with van der Waals surface area (Å²) in [5.41, 5.74) is 1.66. The second-order valence-corrected chi connectivity index (χ2v) is 8.84. The maximum absolute atomic E-state index is 12.6. The minimum atomic E-state index is -3.95. The minimum Gasteiger partial charge on any atom is -0.322 e. The topological polar surface area (TPSA) is 92.3 Å². The first-order valence-corrected chi connectivity index (χ1v) is 10.9. The number of nitrogens with one attached hydrogen (secondary N) is 2. The molecule has 9 heteroatoms. The number of anilines is 2. The van der Waals surface area contributed by atoms with Crippen molar-refractivity contribution in [3.8, 4) is 0 Å². The average molecular weight is 463 g/mol. The summed E-state index contributed by atoms with van der Waals surface area (Å²) >= 11 is 11.8. The van der Waals surface area contributed by atoms with Gasteiger partial charge in [-0.25, -0.2) is 8.42 Å². The highest BCUT2D eigenvalue weighted by Gasteiger charge is 2.19. The van der Waals surface area contributed by atoms with Gasteiger partial charge in [0, 0.05) is 27.5 Å². The van der Waals surface area contributed by atoms with Crippen LogP contribution in [-0.4, -0.2) is 20.1 Å². The highest BCUT2D eigenvalue weighted by Crippen LogP contribution is 2.27. The molecule has 0 aliphatic carbocycles. The van der Waals surface area contributed by atoms with E-state index in [2.05, 4.69) is 10.0 Å². The Balaban J connectivity index is 1.72. The molecule has 3 rings (SSSR count). The average Bonchev–Trinajstić information content (AvgIpc) is 2.70. The number of sulfonamides is 1. The van der Waals surface area contributed by atoms with Crippen molar-refractivity contribution in [1.82, 2.24) is 0 Å². The molecule has 154 valence electrons. The summed E-state index contributed by atoms with van der Waals surface area (Å²) in [6.07, 6.45) is 0. The number of hydrogen-bond acceptors (Lipinski definition) is 4. The number of ketones is 1. The Labute approximate surface area is 183 Å². The van der Waals surface area contributed by atoms with E-state index in [9.17, 15) is 18.0 Å². The Kier molecular flexibility index (Phi) is 6.45. The van der Waals surface area contributed by atoms with Crippen molar-refractivity contribution in [2.24, 2.45) is 0 Å². The summed E-state index contributed by atoms with van der Waals surface area (Å²) in [5.74, 6) is -0.442. The van der Waals surface area contributed by atoms with E-state index in [0.29, 0.717) is 16.8 Å². The maximum atomic E-state index is 12.6. The predicted molar refractivity (Wildman–Crippen MR) is 118 cm³/mol. The quantitative estimate of drug-likeness (QED) is 0.489. The Morgan fingerprint density at radius 3 is 1.97 bits per heavy atom.